The third kappa shape index (κ3) is 5.90. The minimum absolute atomic E-state index is 0.126. The van der Waals surface area contributed by atoms with E-state index < -0.39 is 15.9 Å². The third-order valence-corrected chi connectivity index (χ3v) is 8.53. The highest BCUT2D eigenvalue weighted by atomic mass is 32.2. The van der Waals surface area contributed by atoms with Crippen LogP contribution >= 0.6 is 11.8 Å². The van der Waals surface area contributed by atoms with Gasteiger partial charge in [0, 0.05) is 23.9 Å². The third-order valence-electron chi connectivity index (χ3n) is 5.52. The van der Waals surface area contributed by atoms with Crippen LogP contribution in [-0.4, -0.2) is 43.4 Å². The van der Waals surface area contributed by atoms with Gasteiger partial charge in [-0.3, -0.25) is 9.59 Å². The van der Waals surface area contributed by atoms with E-state index in [1.165, 1.54) is 16.1 Å². The molecule has 9 heteroatoms. The number of benzene rings is 2. The zero-order valence-electron chi connectivity index (χ0n) is 18.3. The summed E-state index contributed by atoms with van der Waals surface area (Å²) in [5, 5.41) is 2.93. The van der Waals surface area contributed by atoms with E-state index in [0.29, 0.717) is 37.5 Å². The number of rotatable bonds is 8. The van der Waals surface area contributed by atoms with Crippen molar-refractivity contribution < 1.29 is 18.0 Å². The standard InChI is InChI=1S/C23H29N3O4S2/c1-16(2)17-7-9-19(10-8-17)32(29,30)26-13-11-18(12-14-26)23(28)25-20-5-3-4-6-21(20)31-15-22(24)27/h3-10,16,18H,11-15H2,1-2H3,(H2,24,27)(H,25,28). The molecular formula is C23H29N3O4S2. The van der Waals surface area contributed by atoms with Crippen LogP contribution in [0.2, 0.25) is 0 Å². The molecule has 7 nitrogen and oxygen atoms in total. The summed E-state index contributed by atoms with van der Waals surface area (Å²) < 4.78 is 27.4. The van der Waals surface area contributed by atoms with E-state index in [0.717, 1.165) is 10.5 Å². The molecule has 0 atom stereocenters. The lowest BCUT2D eigenvalue weighted by Crippen LogP contribution is -2.41. The van der Waals surface area contributed by atoms with Gasteiger partial charge in [0.2, 0.25) is 21.8 Å². The van der Waals surface area contributed by atoms with Crippen LogP contribution in [0.3, 0.4) is 0 Å². The highest BCUT2D eigenvalue weighted by Gasteiger charge is 2.32. The minimum Gasteiger partial charge on any atom is -0.369 e. The van der Waals surface area contributed by atoms with E-state index in [1.54, 1.807) is 18.2 Å². The van der Waals surface area contributed by atoms with Crippen LogP contribution in [0.4, 0.5) is 5.69 Å². The molecule has 2 aromatic rings. The second-order valence-electron chi connectivity index (χ2n) is 8.14. The molecule has 0 radical (unpaired) electrons. The number of primary amides is 1. The molecule has 0 aliphatic carbocycles. The first-order chi connectivity index (χ1) is 15.2. The maximum absolute atomic E-state index is 13.0. The minimum atomic E-state index is -3.58. The van der Waals surface area contributed by atoms with Crippen molar-refractivity contribution in [1.29, 1.82) is 0 Å². The fourth-order valence-corrected chi connectivity index (χ4v) is 5.83. The maximum atomic E-state index is 13.0. The zero-order valence-corrected chi connectivity index (χ0v) is 19.9. The summed E-state index contributed by atoms with van der Waals surface area (Å²) in [6, 6.07) is 14.3. The quantitative estimate of drug-likeness (QED) is 0.569. The Morgan fingerprint density at radius 1 is 1.09 bits per heavy atom. The van der Waals surface area contributed by atoms with Crippen molar-refractivity contribution >= 4 is 39.3 Å². The smallest absolute Gasteiger partial charge is 0.243 e. The summed E-state index contributed by atoms with van der Waals surface area (Å²) in [6.07, 6.45) is 0.900. The van der Waals surface area contributed by atoms with E-state index in [-0.39, 0.29) is 22.5 Å². The molecule has 0 spiro atoms. The lowest BCUT2D eigenvalue weighted by Gasteiger charge is -2.30. The number of anilines is 1. The Labute approximate surface area is 193 Å². The Morgan fingerprint density at radius 2 is 1.72 bits per heavy atom. The van der Waals surface area contributed by atoms with Crippen molar-refractivity contribution in [1.82, 2.24) is 4.31 Å². The van der Waals surface area contributed by atoms with Crippen molar-refractivity contribution in [3.63, 3.8) is 0 Å². The van der Waals surface area contributed by atoms with Gasteiger partial charge >= 0.3 is 0 Å². The Kier molecular flexibility index (Phi) is 7.97. The number of nitrogens with two attached hydrogens (primary N) is 1. The molecule has 172 valence electrons. The van der Waals surface area contributed by atoms with Crippen molar-refractivity contribution in [2.75, 3.05) is 24.2 Å². The Hall–Kier alpha value is -2.36. The van der Waals surface area contributed by atoms with Crippen LogP contribution < -0.4 is 11.1 Å². The molecule has 3 N–H and O–H groups in total. The zero-order chi connectivity index (χ0) is 23.3. The monoisotopic (exact) mass is 475 g/mol. The molecule has 0 bridgehead atoms. The number of para-hydroxylation sites is 1. The van der Waals surface area contributed by atoms with Crippen molar-refractivity contribution in [2.24, 2.45) is 11.7 Å². The van der Waals surface area contributed by atoms with E-state index in [2.05, 4.69) is 19.2 Å². The van der Waals surface area contributed by atoms with E-state index in [1.807, 2.05) is 30.3 Å². The van der Waals surface area contributed by atoms with Gasteiger partial charge in [-0.15, -0.1) is 11.8 Å². The SMILES string of the molecule is CC(C)c1ccc(S(=O)(=O)N2CCC(C(=O)Nc3ccccc3SCC(N)=O)CC2)cc1. The molecule has 0 unspecified atom stereocenters. The lowest BCUT2D eigenvalue weighted by atomic mass is 9.97. The van der Waals surface area contributed by atoms with Gasteiger partial charge in [-0.2, -0.15) is 4.31 Å². The van der Waals surface area contributed by atoms with Gasteiger partial charge in [-0.25, -0.2) is 8.42 Å². The highest BCUT2D eigenvalue weighted by Crippen LogP contribution is 2.29. The number of amides is 2. The number of nitrogens with one attached hydrogen (secondary N) is 1. The van der Waals surface area contributed by atoms with Crippen LogP contribution in [0.15, 0.2) is 58.3 Å². The summed E-state index contributed by atoms with van der Waals surface area (Å²) in [5.74, 6) is -0.389. The van der Waals surface area contributed by atoms with Crippen molar-refractivity contribution in [2.45, 2.75) is 42.4 Å². The Balaban J connectivity index is 1.61. The predicted molar refractivity (Wildman–Crippen MR) is 127 cm³/mol. The second kappa shape index (κ2) is 10.5. The number of hydrogen-bond acceptors (Lipinski definition) is 5. The summed E-state index contributed by atoms with van der Waals surface area (Å²) in [5.41, 5.74) is 6.94. The van der Waals surface area contributed by atoms with Crippen molar-refractivity contribution in [3.8, 4) is 0 Å². The number of hydrogen-bond donors (Lipinski definition) is 2. The van der Waals surface area contributed by atoms with Gasteiger partial charge in [0.15, 0.2) is 0 Å². The van der Waals surface area contributed by atoms with Crippen LogP contribution in [0.25, 0.3) is 0 Å². The second-order valence-corrected chi connectivity index (χ2v) is 11.1. The van der Waals surface area contributed by atoms with Crippen LogP contribution in [0.5, 0.6) is 0 Å². The molecule has 0 aromatic heterocycles. The Bertz CT molecular complexity index is 1060. The molecular weight excluding hydrogens is 446 g/mol. The van der Waals surface area contributed by atoms with Gasteiger partial charge in [-0.05, 0) is 48.6 Å². The van der Waals surface area contributed by atoms with E-state index in [4.69, 9.17) is 5.73 Å². The summed E-state index contributed by atoms with van der Waals surface area (Å²) >= 11 is 1.27. The van der Waals surface area contributed by atoms with E-state index >= 15 is 0 Å². The van der Waals surface area contributed by atoms with Gasteiger partial charge in [0.1, 0.15) is 0 Å². The molecule has 2 amide bonds. The molecule has 1 saturated heterocycles. The molecule has 1 fully saturated rings. The first-order valence-electron chi connectivity index (χ1n) is 10.6. The van der Waals surface area contributed by atoms with Gasteiger partial charge in [0.25, 0.3) is 0 Å². The van der Waals surface area contributed by atoms with Crippen LogP contribution in [0.1, 0.15) is 38.2 Å². The lowest BCUT2D eigenvalue weighted by molar-refractivity contribution is -0.121. The van der Waals surface area contributed by atoms with Crippen molar-refractivity contribution in [3.05, 3.63) is 54.1 Å². The van der Waals surface area contributed by atoms with Crippen LogP contribution in [-0.2, 0) is 19.6 Å². The topological polar surface area (TPSA) is 110 Å². The average Bonchev–Trinajstić information content (AvgIpc) is 2.78. The molecule has 1 heterocycles. The number of nitrogens with zero attached hydrogens (tertiary/aromatic N) is 1. The summed E-state index contributed by atoms with van der Waals surface area (Å²) in [7, 11) is -3.58. The average molecular weight is 476 g/mol. The first-order valence-corrected chi connectivity index (χ1v) is 13.0. The summed E-state index contributed by atoms with van der Waals surface area (Å²) in [4.78, 5) is 24.9. The Morgan fingerprint density at radius 3 is 2.31 bits per heavy atom. The number of thioether (sulfide) groups is 1. The number of sulfonamides is 1. The molecule has 2 aromatic carbocycles. The van der Waals surface area contributed by atoms with Gasteiger partial charge < -0.3 is 11.1 Å². The maximum Gasteiger partial charge on any atom is 0.243 e. The largest absolute Gasteiger partial charge is 0.369 e. The fraction of sp³-hybridized carbons (Fsp3) is 0.391. The molecule has 1 aliphatic rings. The van der Waals surface area contributed by atoms with Gasteiger partial charge in [0.05, 0.1) is 16.3 Å². The fourth-order valence-electron chi connectivity index (χ4n) is 3.61. The summed E-state index contributed by atoms with van der Waals surface area (Å²) in [6.45, 7) is 4.72. The van der Waals surface area contributed by atoms with E-state index in [9.17, 15) is 18.0 Å². The molecule has 3 rings (SSSR count). The highest BCUT2D eigenvalue weighted by molar-refractivity contribution is 8.00. The molecule has 1 aliphatic heterocycles. The number of piperidine rings is 1. The molecule has 0 saturated carbocycles. The first kappa shape index (κ1) is 24.3. The predicted octanol–water partition coefficient (Wildman–Crippen LogP) is 3.43. The number of carbonyl (C=O) groups is 2. The molecule has 32 heavy (non-hydrogen) atoms. The normalized spacial score (nSPS) is 15.6. The van der Waals surface area contributed by atoms with Crippen LogP contribution in [0, 0.1) is 5.92 Å². The van der Waals surface area contributed by atoms with Gasteiger partial charge in [-0.1, -0.05) is 38.1 Å². The number of carbonyl (C=O) groups excluding carboxylic acids is 2.